The monoisotopic (exact) mass is 250 g/mol. The lowest BCUT2D eigenvalue weighted by Crippen LogP contribution is -1.96. The van der Waals surface area contributed by atoms with Crippen molar-refractivity contribution in [2.45, 2.75) is 6.92 Å². The third-order valence-electron chi connectivity index (χ3n) is 1.53. The van der Waals surface area contributed by atoms with Crippen molar-refractivity contribution in [3.8, 4) is 0 Å². The van der Waals surface area contributed by atoms with Gasteiger partial charge in [-0.1, -0.05) is 34.6 Å². The van der Waals surface area contributed by atoms with Gasteiger partial charge in [-0.3, -0.25) is 0 Å². The Morgan fingerprint density at radius 1 is 1.43 bits per heavy atom. The number of amidine groups is 1. The van der Waals surface area contributed by atoms with Crippen molar-refractivity contribution in [1.29, 1.82) is 0 Å². The molecule has 0 atom stereocenters. The van der Waals surface area contributed by atoms with Gasteiger partial charge in [-0.15, -0.1) is 0 Å². The second kappa shape index (κ2) is 4.86. The molecule has 0 aliphatic carbocycles. The Morgan fingerprint density at radius 3 is 2.64 bits per heavy atom. The lowest BCUT2D eigenvalue weighted by molar-refractivity contribution is 1.30. The Morgan fingerprint density at radius 2 is 2.14 bits per heavy atom. The average molecular weight is 251 g/mol. The zero-order chi connectivity index (χ0) is 10.6. The third-order valence-corrected chi connectivity index (χ3v) is 2.02. The molecule has 0 saturated carbocycles. The molecule has 2 nitrogen and oxygen atoms in total. The van der Waals surface area contributed by atoms with Crippen LogP contribution in [0.1, 0.15) is 12.5 Å². The SMILES string of the molecule is C=NC(=NC(=C)C)c1cccc(Br)c1. The van der Waals surface area contributed by atoms with Crippen LogP contribution in [0.4, 0.5) is 0 Å². The van der Waals surface area contributed by atoms with Gasteiger partial charge in [0.2, 0.25) is 0 Å². The van der Waals surface area contributed by atoms with Crippen LogP contribution in [-0.2, 0) is 0 Å². The van der Waals surface area contributed by atoms with E-state index in [1.54, 1.807) is 0 Å². The van der Waals surface area contributed by atoms with Crippen molar-refractivity contribution in [3.05, 3.63) is 46.6 Å². The average Bonchev–Trinajstić information content (AvgIpc) is 2.14. The Hall–Kier alpha value is -1.22. The Kier molecular flexibility index (Phi) is 3.77. The molecule has 0 aliphatic rings. The molecule has 0 spiro atoms. The van der Waals surface area contributed by atoms with Gasteiger partial charge in [0.25, 0.3) is 0 Å². The zero-order valence-corrected chi connectivity index (χ0v) is 9.58. The smallest absolute Gasteiger partial charge is 0.158 e. The van der Waals surface area contributed by atoms with Crippen LogP contribution in [0, 0.1) is 0 Å². The molecular formula is C11H11BrN2. The Labute approximate surface area is 92.2 Å². The molecule has 14 heavy (non-hydrogen) atoms. The molecule has 0 radical (unpaired) electrons. The standard InChI is InChI=1S/C11H11BrN2/c1-8(2)14-11(13-3)9-5-4-6-10(12)7-9/h4-7H,1,3H2,2H3. The molecule has 0 aromatic heterocycles. The van der Waals surface area contributed by atoms with E-state index in [-0.39, 0.29) is 0 Å². The molecule has 0 unspecified atom stereocenters. The molecule has 72 valence electrons. The van der Waals surface area contributed by atoms with Crippen molar-refractivity contribution in [1.82, 2.24) is 0 Å². The predicted octanol–water partition coefficient (Wildman–Crippen LogP) is 3.43. The molecule has 1 aromatic carbocycles. The lowest BCUT2D eigenvalue weighted by Gasteiger charge is -2.00. The van der Waals surface area contributed by atoms with E-state index in [4.69, 9.17) is 0 Å². The summed E-state index contributed by atoms with van der Waals surface area (Å²) in [6, 6.07) is 7.75. The first-order valence-electron chi connectivity index (χ1n) is 4.10. The normalized spacial score (nSPS) is 11.1. The highest BCUT2D eigenvalue weighted by Crippen LogP contribution is 2.13. The van der Waals surface area contributed by atoms with Crippen LogP contribution in [0.2, 0.25) is 0 Å². The van der Waals surface area contributed by atoms with Gasteiger partial charge < -0.3 is 0 Å². The third kappa shape index (κ3) is 2.92. The molecule has 1 aromatic rings. The van der Waals surface area contributed by atoms with Crippen molar-refractivity contribution >= 4 is 28.5 Å². The first kappa shape index (κ1) is 10.9. The summed E-state index contributed by atoms with van der Waals surface area (Å²) < 4.78 is 0.994. The first-order chi connectivity index (χ1) is 6.63. The van der Waals surface area contributed by atoms with Crippen molar-refractivity contribution in [2.24, 2.45) is 9.98 Å². The predicted molar refractivity (Wildman–Crippen MR) is 65.0 cm³/mol. The highest BCUT2D eigenvalue weighted by atomic mass is 79.9. The van der Waals surface area contributed by atoms with Gasteiger partial charge in [0.05, 0.1) is 0 Å². The summed E-state index contributed by atoms with van der Waals surface area (Å²) >= 11 is 3.39. The van der Waals surface area contributed by atoms with Gasteiger partial charge in [-0.2, -0.15) is 0 Å². The first-order valence-corrected chi connectivity index (χ1v) is 4.89. The van der Waals surface area contributed by atoms with Gasteiger partial charge in [0.1, 0.15) is 0 Å². The van der Waals surface area contributed by atoms with E-state index < -0.39 is 0 Å². The topological polar surface area (TPSA) is 24.7 Å². The molecule has 0 bridgehead atoms. The fourth-order valence-corrected chi connectivity index (χ4v) is 1.40. The van der Waals surface area contributed by atoms with Crippen LogP contribution >= 0.6 is 15.9 Å². The van der Waals surface area contributed by atoms with Crippen molar-refractivity contribution in [3.63, 3.8) is 0 Å². The van der Waals surface area contributed by atoms with Gasteiger partial charge in [-0.05, 0) is 25.8 Å². The molecule has 0 N–H and O–H groups in total. The van der Waals surface area contributed by atoms with Crippen LogP contribution in [0.15, 0.2) is 51.0 Å². The fraction of sp³-hybridized carbons (Fsp3) is 0.0909. The highest BCUT2D eigenvalue weighted by molar-refractivity contribution is 9.10. The van der Waals surface area contributed by atoms with Gasteiger partial charge in [0.15, 0.2) is 5.84 Å². The molecular weight excluding hydrogens is 240 g/mol. The largest absolute Gasteiger partial charge is 0.245 e. The maximum Gasteiger partial charge on any atom is 0.158 e. The molecule has 0 aliphatic heterocycles. The Bertz CT molecular complexity index is 394. The van der Waals surface area contributed by atoms with E-state index in [2.05, 4.69) is 39.2 Å². The number of aliphatic imine (C=N–C) groups is 2. The number of benzene rings is 1. The second-order valence-corrected chi connectivity index (χ2v) is 3.75. The minimum Gasteiger partial charge on any atom is -0.245 e. The summed E-state index contributed by atoms with van der Waals surface area (Å²) in [5.74, 6) is 0.596. The number of rotatable bonds is 2. The van der Waals surface area contributed by atoms with Crippen LogP contribution in [0.3, 0.4) is 0 Å². The number of halogens is 1. The van der Waals surface area contributed by atoms with Crippen LogP contribution in [0.5, 0.6) is 0 Å². The highest BCUT2D eigenvalue weighted by Gasteiger charge is 2.00. The van der Waals surface area contributed by atoms with Crippen molar-refractivity contribution in [2.75, 3.05) is 0 Å². The quantitative estimate of drug-likeness (QED) is 0.568. The zero-order valence-electron chi connectivity index (χ0n) is 8.00. The van der Waals surface area contributed by atoms with Crippen LogP contribution in [-0.4, -0.2) is 12.6 Å². The molecule has 3 heteroatoms. The summed E-state index contributed by atoms with van der Waals surface area (Å²) in [7, 11) is 0. The van der Waals surface area contributed by atoms with Crippen LogP contribution < -0.4 is 0 Å². The number of allylic oxidation sites excluding steroid dienone is 1. The molecule has 1 rings (SSSR count). The molecule has 0 heterocycles. The van der Waals surface area contributed by atoms with Gasteiger partial charge in [0, 0.05) is 15.7 Å². The number of hydrogen-bond acceptors (Lipinski definition) is 1. The van der Waals surface area contributed by atoms with Crippen molar-refractivity contribution < 1.29 is 0 Å². The lowest BCUT2D eigenvalue weighted by atomic mass is 10.2. The summed E-state index contributed by atoms with van der Waals surface area (Å²) in [6.07, 6.45) is 0. The maximum atomic E-state index is 4.18. The maximum absolute atomic E-state index is 4.18. The molecule has 0 saturated heterocycles. The van der Waals surface area contributed by atoms with Crippen LogP contribution in [0.25, 0.3) is 0 Å². The Balaban J connectivity index is 3.13. The minimum absolute atomic E-state index is 0.596. The summed E-state index contributed by atoms with van der Waals surface area (Å²) in [5, 5.41) is 0. The second-order valence-electron chi connectivity index (χ2n) is 2.84. The van der Waals surface area contributed by atoms with Gasteiger partial charge >= 0.3 is 0 Å². The van der Waals surface area contributed by atoms with E-state index in [0.717, 1.165) is 10.0 Å². The summed E-state index contributed by atoms with van der Waals surface area (Å²) in [6.45, 7) is 9.01. The fourth-order valence-electron chi connectivity index (χ4n) is 1.000. The molecule has 0 fully saturated rings. The number of hydrogen-bond donors (Lipinski definition) is 0. The van der Waals surface area contributed by atoms with E-state index in [9.17, 15) is 0 Å². The van der Waals surface area contributed by atoms with E-state index in [1.165, 1.54) is 0 Å². The van der Waals surface area contributed by atoms with Gasteiger partial charge in [-0.25, -0.2) is 9.98 Å². The van der Waals surface area contributed by atoms with E-state index in [0.29, 0.717) is 11.5 Å². The minimum atomic E-state index is 0.596. The summed E-state index contributed by atoms with van der Waals surface area (Å²) in [5.41, 5.74) is 1.64. The van der Waals surface area contributed by atoms with E-state index >= 15 is 0 Å². The van der Waals surface area contributed by atoms with E-state index in [1.807, 2.05) is 31.2 Å². The summed E-state index contributed by atoms with van der Waals surface area (Å²) in [4.78, 5) is 8.04. The number of nitrogens with zero attached hydrogens (tertiary/aromatic N) is 2. The molecule has 0 amide bonds.